The number of hydrogen-bond acceptors (Lipinski definition) is 3. The van der Waals surface area contributed by atoms with Crippen molar-refractivity contribution in [1.29, 1.82) is 0 Å². The van der Waals surface area contributed by atoms with E-state index in [4.69, 9.17) is 34.8 Å². The molecule has 0 aliphatic heterocycles. The van der Waals surface area contributed by atoms with E-state index in [0.717, 1.165) is 12.8 Å². The second kappa shape index (κ2) is 4.59. The number of ether oxygens (including phenoxy) is 1. The average Bonchev–Trinajstić information content (AvgIpc) is 2.97. The summed E-state index contributed by atoms with van der Waals surface area (Å²) in [4.78, 5) is 23.1. The Labute approximate surface area is 109 Å². The first-order valence-corrected chi connectivity index (χ1v) is 5.83. The summed E-state index contributed by atoms with van der Waals surface area (Å²) in [7, 11) is 1.25. The molecule has 0 saturated heterocycles. The summed E-state index contributed by atoms with van der Waals surface area (Å²) in [5.74, 6) is -1.31. The molecule has 0 aromatic carbocycles. The lowest BCUT2D eigenvalue weighted by molar-refractivity contribution is -0.151. The smallest absolute Gasteiger partial charge is 0.331 e. The lowest BCUT2D eigenvalue weighted by Gasteiger charge is -2.29. The largest absolute Gasteiger partial charge is 0.467 e. The van der Waals surface area contributed by atoms with Gasteiger partial charge in [0.25, 0.3) is 9.70 Å². The number of amides is 1. The van der Waals surface area contributed by atoms with E-state index >= 15 is 0 Å². The van der Waals surface area contributed by atoms with Crippen LogP contribution in [0.4, 0.5) is 0 Å². The Bertz CT molecular complexity index is 312. The Morgan fingerprint density at radius 3 is 2.12 bits per heavy atom. The predicted molar refractivity (Wildman–Crippen MR) is 61.6 cm³/mol. The molecule has 0 heterocycles. The van der Waals surface area contributed by atoms with E-state index in [1.165, 1.54) is 7.11 Å². The molecular formula is C9H12Cl3NO3. The van der Waals surface area contributed by atoms with E-state index in [-0.39, 0.29) is 5.92 Å². The van der Waals surface area contributed by atoms with Gasteiger partial charge in [-0.3, -0.25) is 4.79 Å². The Morgan fingerprint density at radius 2 is 1.81 bits per heavy atom. The van der Waals surface area contributed by atoms with Crippen LogP contribution in [0.3, 0.4) is 0 Å². The third kappa shape index (κ3) is 2.93. The summed E-state index contributed by atoms with van der Waals surface area (Å²) in [6.07, 6.45) is 1.68. The van der Waals surface area contributed by atoms with Gasteiger partial charge in [0.15, 0.2) is 0 Å². The Kier molecular flexibility index (Phi) is 3.98. The van der Waals surface area contributed by atoms with Crippen molar-refractivity contribution in [3.05, 3.63) is 0 Å². The number of esters is 1. The van der Waals surface area contributed by atoms with Crippen LogP contribution in [0.15, 0.2) is 0 Å². The number of carbonyl (C=O) groups is 2. The molecule has 1 aliphatic rings. The molecule has 0 bridgehead atoms. The van der Waals surface area contributed by atoms with Gasteiger partial charge in [0.1, 0.15) is 5.54 Å². The highest BCUT2D eigenvalue weighted by molar-refractivity contribution is 6.76. The van der Waals surface area contributed by atoms with E-state index in [9.17, 15) is 9.59 Å². The quantitative estimate of drug-likeness (QED) is 0.636. The summed E-state index contributed by atoms with van der Waals surface area (Å²) in [5.41, 5.74) is -1.12. The second-order valence-corrected chi connectivity index (χ2v) is 6.20. The van der Waals surface area contributed by atoms with E-state index in [1.54, 1.807) is 6.92 Å². The molecular weight excluding hydrogens is 276 g/mol. The van der Waals surface area contributed by atoms with E-state index < -0.39 is 21.2 Å². The number of carbonyl (C=O) groups excluding carboxylic acids is 2. The molecule has 92 valence electrons. The third-order valence-corrected chi connectivity index (χ3v) is 3.15. The minimum Gasteiger partial charge on any atom is -0.467 e. The van der Waals surface area contributed by atoms with Gasteiger partial charge >= 0.3 is 5.97 Å². The van der Waals surface area contributed by atoms with Crippen molar-refractivity contribution >= 4 is 46.7 Å². The normalized spacial score (nSPS) is 19.8. The number of halogens is 3. The summed E-state index contributed by atoms with van der Waals surface area (Å²) in [5, 5.41) is 2.44. The van der Waals surface area contributed by atoms with Crippen LogP contribution in [0.25, 0.3) is 0 Å². The molecule has 0 unspecified atom stereocenters. The molecule has 16 heavy (non-hydrogen) atoms. The van der Waals surface area contributed by atoms with Gasteiger partial charge in [0, 0.05) is 0 Å². The maximum Gasteiger partial charge on any atom is 0.331 e. The third-order valence-electron chi connectivity index (χ3n) is 2.63. The van der Waals surface area contributed by atoms with Crippen molar-refractivity contribution in [2.24, 2.45) is 5.92 Å². The van der Waals surface area contributed by atoms with Gasteiger partial charge < -0.3 is 10.1 Å². The molecule has 1 N–H and O–H groups in total. The first-order chi connectivity index (χ1) is 7.21. The van der Waals surface area contributed by atoms with E-state index in [2.05, 4.69) is 10.1 Å². The maximum absolute atomic E-state index is 11.6. The van der Waals surface area contributed by atoms with Gasteiger partial charge in [-0.2, -0.15) is 0 Å². The fraction of sp³-hybridized carbons (Fsp3) is 0.778. The molecule has 0 spiro atoms. The fourth-order valence-electron chi connectivity index (χ4n) is 1.50. The monoisotopic (exact) mass is 287 g/mol. The molecule has 1 aliphatic carbocycles. The first-order valence-electron chi connectivity index (χ1n) is 4.69. The number of alkyl halides is 3. The van der Waals surface area contributed by atoms with Crippen molar-refractivity contribution in [3.63, 3.8) is 0 Å². The van der Waals surface area contributed by atoms with Gasteiger partial charge in [0.05, 0.1) is 7.11 Å². The topological polar surface area (TPSA) is 55.4 Å². The molecule has 1 amide bonds. The van der Waals surface area contributed by atoms with Crippen molar-refractivity contribution < 1.29 is 14.3 Å². The standard InChI is InChI=1S/C9H12Cl3NO3/c1-8(5-3-4-5,7(15)16-2)13-6(14)9(10,11)12/h5H,3-4H2,1-2H3,(H,13,14)/t8-/m1/s1. The highest BCUT2D eigenvalue weighted by Crippen LogP contribution is 2.41. The SMILES string of the molecule is COC(=O)[C@](C)(NC(=O)C(Cl)(Cl)Cl)C1CC1. The van der Waals surface area contributed by atoms with Crippen LogP contribution < -0.4 is 5.32 Å². The number of nitrogens with one attached hydrogen (secondary N) is 1. The summed E-state index contributed by atoms with van der Waals surface area (Å²) >= 11 is 16.3. The number of rotatable bonds is 3. The molecule has 0 aromatic heterocycles. The fourth-order valence-corrected chi connectivity index (χ4v) is 1.64. The van der Waals surface area contributed by atoms with Crippen molar-refractivity contribution in [3.8, 4) is 0 Å². The van der Waals surface area contributed by atoms with Gasteiger partial charge in [-0.1, -0.05) is 34.8 Å². The van der Waals surface area contributed by atoms with Crippen LogP contribution >= 0.6 is 34.8 Å². The molecule has 0 radical (unpaired) electrons. The molecule has 1 atom stereocenters. The van der Waals surface area contributed by atoms with E-state index in [1.807, 2.05) is 0 Å². The van der Waals surface area contributed by atoms with Crippen LogP contribution in [0.2, 0.25) is 0 Å². The summed E-state index contributed by atoms with van der Waals surface area (Å²) in [6, 6.07) is 0. The zero-order valence-electron chi connectivity index (χ0n) is 8.85. The zero-order chi connectivity index (χ0) is 12.6. The van der Waals surface area contributed by atoms with Crippen molar-refractivity contribution in [1.82, 2.24) is 5.32 Å². The predicted octanol–water partition coefficient (Wildman–Crippen LogP) is 1.81. The molecule has 1 rings (SSSR count). The van der Waals surface area contributed by atoms with Crippen molar-refractivity contribution in [2.75, 3.05) is 7.11 Å². The first kappa shape index (κ1) is 13.9. The zero-order valence-corrected chi connectivity index (χ0v) is 11.1. The van der Waals surface area contributed by atoms with Crippen LogP contribution in [-0.2, 0) is 14.3 Å². The average molecular weight is 289 g/mol. The maximum atomic E-state index is 11.6. The van der Waals surface area contributed by atoms with Gasteiger partial charge in [0.2, 0.25) is 0 Å². The summed E-state index contributed by atoms with van der Waals surface area (Å²) < 4.78 is 2.57. The number of methoxy groups -OCH3 is 1. The Morgan fingerprint density at radius 1 is 1.31 bits per heavy atom. The van der Waals surface area contributed by atoms with Crippen molar-refractivity contribution in [2.45, 2.75) is 29.1 Å². The van der Waals surface area contributed by atoms with Crippen LogP contribution in [0.1, 0.15) is 19.8 Å². The highest BCUT2D eigenvalue weighted by Gasteiger charge is 2.51. The van der Waals surface area contributed by atoms with Crippen LogP contribution in [0.5, 0.6) is 0 Å². The molecule has 0 aromatic rings. The highest BCUT2D eigenvalue weighted by atomic mass is 35.6. The molecule has 4 nitrogen and oxygen atoms in total. The summed E-state index contributed by atoms with van der Waals surface area (Å²) in [6.45, 7) is 1.57. The van der Waals surface area contributed by atoms with Gasteiger partial charge in [-0.15, -0.1) is 0 Å². The second-order valence-electron chi connectivity index (χ2n) is 3.92. The molecule has 1 saturated carbocycles. The lowest BCUT2D eigenvalue weighted by Crippen LogP contribution is -2.57. The van der Waals surface area contributed by atoms with Crippen LogP contribution in [0, 0.1) is 5.92 Å². The van der Waals surface area contributed by atoms with Gasteiger partial charge in [-0.05, 0) is 25.7 Å². The lowest BCUT2D eigenvalue weighted by atomic mass is 9.96. The Balaban J connectivity index is 2.80. The number of hydrogen-bond donors (Lipinski definition) is 1. The van der Waals surface area contributed by atoms with Gasteiger partial charge in [-0.25, -0.2) is 4.79 Å². The molecule has 1 fully saturated rings. The minimum absolute atomic E-state index is 0.0382. The Hall–Kier alpha value is -0.190. The van der Waals surface area contributed by atoms with Crippen LogP contribution in [-0.4, -0.2) is 28.3 Å². The molecule has 7 heteroatoms. The minimum atomic E-state index is -2.08. The van der Waals surface area contributed by atoms with E-state index in [0.29, 0.717) is 0 Å².